The first-order valence-electron chi connectivity index (χ1n) is 8.69. The van der Waals surface area contributed by atoms with E-state index in [0.29, 0.717) is 5.75 Å². The molecule has 144 valence electrons. The Balaban J connectivity index is 2.01. The van der Waals surface area contributed by atoms with Crippen molar-refractivity contribution >= 4 is 5.91 Å². The maximum atomic E-state index is 12.9. The quantitative estimate of drug-likeness (QED) is 0.730. The van der Waals surface area contributed by atoms with E-state index in [2.05, 4.69) is 5.32 Å². The maximum Gasteiger partial charge on any atom is 0.331 e. The van der Waals surface area contributed by atoms with E-state index in [9.17, 15) is 14.4 Å². The van der Waals surface area contributed by atoms with E-state index in [4.69, 9.17) is 4.74 Å². The predicted octanol–water partition coefficient (Wildman–Crippen LogP) is 1.61. The molecule has 0 fully saturated rings. The molecule has 1 aromatic heterocycles. The van der Waals surface area contributed by atoms with Gasteiger partial charge in [-0.15, -0.1) is 0 Å². The van der Waals surface area contributed by atoms with Crippen LogP contribution < -0.4 is 21.3 Å². The van der Waals surface area contributed by atoms with Crippen molar-refractivity contribution in [2.45, 2.75) is 6.04 Å². The maximum absolute atomic E-state index is 12.9. The second kappa shape index (κ2) is 7.96. The summed E-state index contributed by atoms with van der Waals surface area (Å²) in [7, 11) is 4.42. The molecule has 0 aliphatic heterocycles. The molecule has 1 atom stereocenters. The molecule has 3 aromatic rings. The highest BCUT2D eigenvalue weighted by Crippen LogP contribution is 2.24. The molecule has 1 amide bonds. The Labute approximate surface area is 161 Å². The van der Waals surface area contributed by atoms with Gasteiger partial charge < -0.3 is 10.1 Å². The van der Waals surface area contributed by atoms with Crippen LogP contribution in [0.5, 0.6) is 5.75 Å². The summed E-state index contributed by atoms with van der Waals surface area (Å²) in [6.45, 7) is 0. The van der Waals surface area contributed by atoms with Crippen LogP contribution in [0.25, 0.3) is 0 Å². The van der Waals surface area contributed by atoms with Gasteiger partial charge in [0.25, 0.3) is 11.5 Å². The second-order valence-electron chi connectivity index (χ2n) is 6.36. The number of amides is 1. The average molecular weight is 379 g/mol. The molecular weight excluding hydrogens is 358 g/mol. The van der Waals surface area contributed by atoms with Gasteiger partial charge in [0.05, 0.1) is 13.2 Å². The summed E-state index contributed by atoms with van der Waals surface area (Å²) in [5.74, 6) is 0.192. The number of aromatic nitrogens is 2. The van der Waals surface area contributed by atoms with Crippen LogP contribution in [0, 0.1) is 0 Å². The second-order valence-corrected chi connectivity index (χ2v) is 6.36. The standard InChI is InChI=1S/C21H21N3O4/c1-23-17(13-18(25)24(2)21(23)27)20(26)22-19(14-7-5-4-6-8-14)15-9-11-16(28-3)12-10-15/h4-13,19H,1-3H3,(H,22,26). The summed E-state index contributed by atoms with van der Waals surface area (Å²) >= 11 is 0. The number of nitrogens with one attached hydrogen (secondary N) is 1. The van der Waals surface area contributed by atoms with Gasteiger partial charge in [-0.1, -0.05) is 42.5 Å². The van der Waals surface area contributed by atoms with Gasteiger partial charge in [-0.2, -0.15) is 0 Å². The van der Waals surface area contributed by atoms with Crippen LogP contribution in [-0.2, 0) is 14.1 Å². The lowest BCUT2D eigenvalue weighted by Crippen LogP contribution is -2.41. The smallest absolute Gasteiger partial charge is 0.331 e. The Kier molecular flexibility index (Phi) is 5.44. The first-order valence-corrected chi connectivity index (χ1v) is 8.69. The number of carbonyl (C=O) groups is 1. The largest absolute Gasteiger partial charge is 0.497 e. The van der Waals surface area contributed by atoms with Crippen molar-refractivity contribution in [1.82, 2.24) is 14.5 Å². The molecule has 1 unspecified atom stereocenters. The minimum Gasteiger partial charge on any atom is -0.497 e. The van der Waals surface area contributed by atoms with E-state index >= 15 is 0 Å². The third kappa shape index (κ3) is 3.73. The van der Waals surface area contributed by atoms with E-state index in [1.54, 1.807) is 7.11 Å². The molecule has 0 aliphatic rings. The van der Waals surface area contributed by atoms with Crippen LogP contribution in [0.15, 0.2) is 70.3 Å². The number of ether oxygens (including phenoxy) is 1. The number of hydrogen-bond acceptors (Lipinski definition) is 4. The van der Waals surface area contributed by atoms with Crippen molar-refractivity contribution in [1.29, 1.82) is 0 Å². The van der Waals surface area contributed by atoms with Crippen molar-refractivity contribution in [2.75, 3.05) is 7.11 Å². The van der Waals surface area contributed by atoms with E-state index in [-0.39, 0.29) is 5.69 Å². The highest BCUT2D eigenvalue weighted by atomic mass is 16.5. The van der Waals surface area contributed by atoms with E-state index in [0.717, 1.165) is 26.3 Å². The molecular formula is C21H21N3O4. The van der Waals surface area contributed by atoms with E-state index in [1.165, 1.54) is 14.1 Å². The zero-order valence-electron chi connectivity index (χ0n) is 15.9. The zero-order valence-corrected chi connectivity index (χ0v) is 15.9. The van der Waals surface area contributed by atoms with Gasteiger partial charge >= 0.3 is 5.69 Å². The molecule has 7 heteroatoms. The molecule has 0 aliphatic carbocycles. The fourth-order valence-corrected chi connectivity index (χ4v) is 2.96. The fourth-order valence-electron chi connectivity index (χ4n) is 2.96. The van der Waals surface area contributed by atoms with Gasteiger partial charge in [0.1, 0.15) is 11.4 Å². The number of hydrogen-bond donors (Lipinski definition) is 1. The van der Waals surface area contributed by atoms with Crippen LogP contribution in [-0.4, -0.2) is 22.2 Å². The van der Waals surface area contributed by atoms with Gasteiger partial charge in [-0.25, -0.2) is 4.79 Å². The fraction of sp³-hybridized carbons (Fsp3) is 0.190. The van der Waals surface area contributed by atoms with Crippen LogP contribution in [0.3, 0.4) is 0 Å². The van der Waals surface area contributed by atoms with Crippen molar-refractivity contribution < 1.29 is 9.53 Å². The molecule has 0 bridgehead atoms. The molecule has 2 aromatic carbocycles. The van der Waals surface area contributed by atoms with Gasteiger partial charge in [0, 0.05) is 20.2 Å². The van der Waals surface area contributed by atoms with Crippen molar-refractivity contribution in [3.8, 4) is 5.75 Å². The summed E-state index contributed by atoms with van der Waals surface area (Å²) in [6, 6.07) is 17.5. The molecule has 3 rings (SSSR count). The van der Waals surface area contributed by atoms with Crippen LogP contribution in [0.4, 0.5) is 0 Å². The average Bonchev–Trinajstić information content (AvgIpc) is 2.73. The summed E-state index contributed by atoms with van der Waals surface area (Å²) in [5, 5.41) is 2.93. The lowest BCUT2D eigenvalue weighted by atomic mass is 9.98. The predicted molar refractivity (Wildman–Crippen MR) is 106 cm³/mol. The molecule has 0 saturated carbocycles. The van der Waals surface area contributed by atoms with Crippen LogP contribution in [0.1, 0.15) is 27.7 Å². The van der Waals surface area contributed by atoms with E-state index in [1.807, 2.05) is 54.6 Å². The van der Waals surface area contributed by atoms with Gasteiger partial charge in [-0.05, 0) is 23.3 Å². The molecule has 7 nitrogen and oxygen atoms in total. The minimum atomic E-state index is -0.557. The Morgan fingerprint density at radius 2 is 1.54 bits per heavy atom. The molecule has 28 heavy (non-hydrogen) atoms. The first kappa shape index (κ1) is 19.2. The number of methoxy groups -OCH3 is 1. The molecule has 1 heterocycles. The number of carbonyl (C=O) groups excluding carboxylic acids is 1. The number of nitrogens with zero attached hydrogens (tertiary/aromatic N) is 2. The number of rotatable bonds is 5. The Bertz CT molecular complexity index is 1100. The number of benzene rings is 2. The summed E-state index contributed by atoms with van der Waals surface area (Å²) < 4.78 is 7.31. The van der Waals surface area contributed by atoms with Crippen LogP contribution >= 0.6 is 0 Å². The SMILES string of the molecule is COc1ccc(C(NC(=O)c2cc(=O)n(C)c(=O)n2C)c2ccccc2)cc1. The molecule has 0 saturated heterocycles. The lowest BCUT2D eigenvalue weighted by molar-refractivity contribution is 0.0932. The van der Waals surface area contributed by atoms with Crippen LogP contribution in [0.2, 0.25) is 0 Å². The van der Waals surface area contributed by atoms with Gasteiger partial charge in [0.2, 0.25) is 0 Å². The summed E-state index contributed by atoms with van der Waals surface area (Å²) in [6.07, 6.45) is 0. The van der Waals surface area contributed by atoms with Crippen molar-refractivity contribution in [2.24, 2.45) is 14.1 Å². The monoisotopic (exact) mass is 379 g/mol. The molecule has 0 radical (unpaired) electrons. The minimum absolute atomic E-state index is 0.00235. The molecule has 0 spiro atoms. The van der Waals surface area contributed by atoms with Crippen molar-refractivity contribution in [3.05, 3.63) is 98.3 Å². The highest BCUT2D eigenvalue weighted by molar-refractivity contribution is 5.93. The summed E-state index contributed by atoms with van der Waals surface area (Å²) in [4.78, 5) is 37.0. The van der Waals surface area contributed by atoms with E-state index < -0.39 is 23.2 Å². The zero-order chi connectivity index (χ0) is 20.3. The van der Waals surface area contributed by atoms with Gasteiger partial charge in [0.15, 0.2) is 0 Å². The third-order valence-corrected chi connectivity index (χ3v) is 4.62. The Hall–Kier alpha value is -3.61. The van der Waals surface area contributed by atoms with Gasteiger partial charge in [-0.3, -0.25) is 18.7 Å². The third-order valence-electron chi connectivity index (χ3n) is 4.62. The molecule has 1 N–H and O–H groups in total. The normalized spacial score (nSPS) is 11.7. The Morgan fingerprint density at radius 3 is 2.14 bits per heavy atom. The summed E-state index contributed by atoms with van der Waals surface area (Å²) in [5.41, 5.74) is 0.624. The Morgan fingerprint density at radius 1 is 0.929 bits per heavy atom. The highest BCUT2D eigenvalue weighted by Gasteiger charge is 2.20. The lowest BCUT2D eigenvalue weighted by Gasteiger charge is -2.21. The van der Waals surface area contributed by atoms with Crippen molar-refractivity contribution in [3.63, 3.8) is 0 Å². The first-order chi connectivity index (χ1) is 13.4. The topological polar surface area (TPSA) is 82.3 Å².